The lowest BCUT2D eigenvalue weighted by atomic mass is 10.1. The van der Waals surface area contributed by atoms with E-state index in [-0.39, 0.29) is 0 Å². The Balaban J connectivity index is 2.23. The Labute approximate surface area is 86.6 Å². The van der Waals surface area contributed by atoms with Crippen molar-refractivity contribution in [3.05, 3.63) is 40.4 Å². The molecule has 72 valence electrons. The van der Waals surface area contributed by atoms with Gasteiger partial charge in [-0.3, -0.25) is 0 Å². The van der Waals surface area contributed by atoms with Gasteiger partial charge in [-0.15, -0.1) is 10.2 Å². The van der Waals surface area contributed by atoms with Gasteiger partial charge in [0.05, 0.1) is 0 Å². The van der Waals surface area contributed by atoms with E-state index in [9.17, 15) is 0 Å². The number of rotatable bonds is 2. The van der Waals surface area contributed by atoms with Crippen LogP contribution in [0, 0.1) is 6.92 Å². The van der Waals surface area contributed by atoms with E-state index < -0.39 is 0 Å². The van der Waals surface area contributed by atoms with E-state index in [2.05, 4.69) is 29.3 Å². The molecule has 14 heavy (non-hydrogen) atoms. The predicted molar refractivity (Wildman–Crippen MR) is 58.3 cm³/mol. The van der Waals surface area contributed by atoms with Crippen molar-refractivity contribution in [2.24, 2.45) is 0 Å². The number of benzene rings is 1. The third-order valence-electron chi connectivity index (χ3n) is 2.09. The van der Waals surface area contributed by atoms with Crippen molar-refractivity contribution in [2.45, 2.75) is 13.3 Å². The molecule has 0 amide bonds. The SMILES string of the molecule is Cc1ccccc1Cc1nnc(N)s1. The van der Waals surface area contributed by atoms with Crippen molar-refractivity contribution in [1.82, 2.24) is 10.2 Å². The Kier molecular flexibility index (Phi) is 2.45. The lowest BCUT2D eigenvalue weighted by Gasteiger charge is -2.01. The van der Waals surface area contributed by atoms with Crippen LogP contribution in [-0.4, -0.2) is 10.2 Å². The van der Waals surface area contributed by atoms with E-state index in [0.29, 0.717) is 5.13 Å². The second kappa shape index (κ2) is 3.75. The van der Waals surface area contributed by atoms with Gasteiger partial charge < -0.3 is 5.73 Å². The smallest absolute Gasteiger partial charge is 0.203 e. The van der Waals surface area contributed by atoms with Gasteiger partial charge in [-0.1, -0.05) is 35.6 Å². The number of aromatic nitrogens is 2. The van der Waals surface area contributed by atoms with Crippen LogP contribution >= 0.6 is 11.3 Å². The van der Waals surface area contributed by atoms with Crippen LogP contribution in [0.5, 0.6) is 0 Å². The first-order valence-corrected chi connectivity index (χ1v) is 5.20. The molecule has 1 aromatic carbocycles. The topological polar surface area (TPSA) is 51.8 Å². The number of hydrogen-bond acceptors (Lipinski definition) is 4. The standard InChI is InChI=1S/C10H11N3S/c1-7-4-2-3-5-8(7)6-9-12-13-10(11)14-9/h2-5H,6H2,1H3,(H2,11,13). The molecule has 2 aromatic rings. The zero-order valence-electron chi connectivity index (χ0n) is 7.90. The molecule has 0 saturated heterocycles. The van der Waals surface area contributed by atoms with Crippen molar-refractivity contribution in [1.29, 1.82) is 0 Å². The maximum Gasteiger partial charge on any atom is 0.203 e. The molecule has 0 radical (unpaired) electrons. The Morgan fingerprint density at radius 2 is 2.07 bits per heavy atom. The fourth-order valence-corrected chi connectivity index (χ4v) is 1.94. The Morgan fingerprint density at radius 1 is 1.29 bits per heavy atom. The average Bonchev–Trinajstić information content (AvgIpc) is 2.56. The van der Waals surface area contributed by atoms with Crippen LogP contribution in [0.3, 0.4) is 0 Å². The molecule has 1 aromatic heterocycles. The van der Waals surface area contributed by atoms with Crippen molar-refractivity contribution in [3.8, 4) is 0 Å². The van der Waals surface area contributed by atoms with E-state index in [4.69, 9.17) is 5.73 Å². The first-order valence-electron chi connectivity index (χ1n) is 4.38. The van der Waals surface area contributed by atoms with Crippen LogP contribution in [0.4, 0.5) is 5.13 Å². The average molecular weight is 205 g/mol. The van der Waals surface area contributed by atoms with Crippen LogP contribution in [0.25, 0.3) is 0 Å². The van der Waals surface area contributed by atoms with Crippen LogP contribution in [0.2, 0.25) is 0 Å². The fourth-order valence-electron chi connectivity index (χ4n) is 1.31. The fraction of sp³-hybridized carbons (Fsp3) is 0.200. The van der Waals surface area contributed by atoms with Gasteiger partial charge >= 0.3 is 0 Å². The minimum Gasteiger partial charge on any atom is -0.374 e. The monoisotopic (exact) mass is 205 g/mol. The van der Waals surface area contributed by atoms with E-state index in [1.54, 1.807) is 0 Å². The molecule has 0 aliphatic rings. The molecule has 4 heteroatoms. The van der Waals surface area contributed by atoms with Gasteiger partial charge in [0.15, 0.2) is 0 Å². The summed E-state index contributed by atoms with van der Waals surface area (Å²) in [7, 11) is 0. The van der Waals surface area contributed by atoms with Crippen LogP contribution < -0.4 is 5.73 Å². The van der Waals surface area contributed by atoms with Crippen molar-refractivity contribution >= 4 is 16.5 Å². The van der Waals surface area contributed by atoms with Gasteiger partial charge in [0.2, 0.25) is 5.13 Å². The molecule has 0 aliphatic heterocycles. The van der Waals surface area contributed by atoms with Gasteiger partial charge in [0, 0.05) is 6.42 Å². The maximum atomic E-state index is 5.52. The van der Waals surface area contributed by atoms with Crippen LogP contribution in [0.1, 0.15) is 16.1 Å². The molecule has 0 atom stereocenters. The second-order valence-corrected chi connectivity index (χ2v) is 4.23. The predicted octanol–water partition coefficient (Wildman–Crippen LogP) is 2.02. The van der Waals surface area contributed by atoms with Crippen molar-refractivity contribution in [2.75, 3.05) is 5.73 Å². The third-order valence-corrected chi connectivity index (χ3v) is 2.84. The molecule has 0 bridgehead atoms. The second-order valence-electron chi connectivity index (χ2n) is 3.14. The molecular weight excluding hydrogens is 194 g/mol. The number of nitrogens with zero attached hydrogens (tertiary/aromatic N) is 2. The van der Waals surface area contributed by atoms with Gasteiger partial charge in [0.1, 0.15) is 5.01 Å². The highest BCUT2D eigenvalue weighted by molar-refractivity contribution is 7.15. The molecular formula is C10H11N3S. The first kappa shape index (κ1) is 9.15. The molecule has 0 fully saturated rings. The Hall–Kier alpha value is -1.42. The summed E-state index contributed by atoms with van der Waals surface area (Å²) in [5.74, 6) is 0. The molecule has 0 saturated carbocycles. The van der Waals surface area contributed by atoms with Crippen LogP contribution in [0.15, 0.2) is 24.3 Å². The van der Waals surface area contributed by atoms with Gasteiger partial charge in [0.25, 0.3) is 0 Å². The zero-order valence-corrected chi connectivity index (χ0v) is 8.71. The quantitative estimate of drug-likeness (QED) is 0.816. The first-order chi connectivity index (χ1) is 6.75. The largest absolute Gasteiger partial charge is 0.374 e. The number of hydrogen-bond donors (Lipinski definition) is 1. The van der Waals surface area contributed by atoms with Gasteiger partial charge in [-0.05, 0) is 18.1 Å². The van der Waals surface area contributed by atoms with Gasteiger partial charge in [-0.25, -0.2) is 0 Å². The summed E-state index contributed by atoms with van der Waals surface area (Å²) in [6.45, 7) is 2.10. The third kappa shape index (κ3) is 1.90. The van der Waals surface area contributed by atoms with Crippen molar-refractivity contribution < 1.29 is 0 Å². The Morgan fingerprint density at radius 3 is 2.71 bits per heavy atom. The summed E-state index contributed by atoms with van der Waals surface area (Å²) in [4.78, 5) is 0. The number of anilines is 1. The summed E-state index contributed by atoms with van der Waals surface area (Å²) in [6, 6.07) is 8.27. The lowest BCUT2D eigenvalue weighted by molar-refractivity contribution is 1.00. The summed E-state index contributed by atoms with van der Waals surface area (Å²) in [5.41, 5.74) is 8.08. The molecule has 0 aliphatic carbocycles. The van der Waals surface area contributed by atoms with E-state index in [1.165, 1.54) is 22.5 Å². The lowest BCUT2D eigenvalue weighted by Crippen LogP contribution is -1.90. The minimum absolute atomic E-state index is 0.536. The minimum atomic E-state index is 0.536. The summed E-state index contributed by atoms with van der Waals surface area (Å²) in [6.07, 6.45) is 0.821. The molecule has 1 heterocycles. The highest BCUT2D eigenvalue weighted by Gasteiger charge is 2.03. The number of nitrogens with two attached hydrogens (primary N) is 1. The zero-order chi connectivity index (χ0) is 9.97. The van der Waals surface area contributed by atoms with E-state index >= 15 is 0 Å². The summed E-state index contributed by atoms with van der Waals surface area (Å²) in [5, 5.41) is 9.29. The van der Waals surface area contributed by atoms with E-state index in [1.807, 2.05) is 12.1 Å². The number of nitrogen functional groups attached to an aromatic ring is 1. The van der Waals surface area contributed by atoms with Crippen molar-refractivity contribution in [3.63, 3.8) is 0 Å². The molecule has 0 spiro atoms. The normalized spacial score (nSPS) is 10.4. The Bertz CT molecular complexity index is 436. The number of aryl methyl sites for hydroxylation is 1. The molecule has 2 rings (SSSR count). The van der Waals surface area contributed by atoms with Gasteiger partial charge in [-0.2, -0.15) is 0 Å². The summed E-state index contributed by atoms with van der Waals surface area (Å²) >= 11 is 1.45. The maximum absolute atomic E-state index is 5.52. The molecule has 0 unspecified atom stereocenters. The van der Waals surface area contributed by atoms with E-state index in [0.717, 1.165) is 11.4 Å². The van der Waals surface area contributed by atoms with Crippen LogP contribution in [-0.2, 0) is 6.42 Å². The highest BCUT2D eigenvalue weighted by atomic mass is 32.1. The summed E-state index contributed by atoms with van der Waals surface area (Å²) < 4.78 is 0. The molecule has 3 nitrogen and oxygen atoms in total. The molecule has 2 N–H and O–H groups in total. The highest BCUT2D eigenvalue weighted by Crippen LogP contribution is 2.17.